The molecule has 0 unspecified atom stereocenters. The van der Waals surface area contributed by atoms with Crippen LogP contribution < -0.4 is 0 Å². The van der Waals surface area contributed by atoms with Gasteiger partial charge in [0.05, 0.1) is 19.8 Å². The molecule has 1 heterocycles. The second-order valence-corrected chi connectivity index (χ2v) is 4.77. The van der Waals surface area contributed by atoms with E-state index in [1.54, 1.807) is 12.3 Å². The molecule has 0 radical (unpaired) electrons. The van der Waals surface area contributed by atoms with E-state index in [1.165, 1.54) is 11.3 Å². The van der Waals surface area contributed by atoms with Crippen molar-refractivity contribution in [1.82, 2.24) is 4.98 Å². The lowest BCUT2D eigenvalue weighted by Gasteiger charge is -2.01. The highest BCUT2D eigenvalue weighted by atomic mass is 32.1. The van der Waals surface area contributed by atoms with Crippen LogP contribution in [0.1, 0.15) is 28.0 Å². The highest BCUT2D eigenvalue weighted by molar-refractivity contribution is 7.09. The topological polar surface area (TPSA) is 48.4 Å². The summed E-state index contributed by atoms with van der Waals surface area (Å²) in [5.41, 5.74) is 1.47. The molecule has 0 atom stereocenters. The zero-order valence-corrected chi connectivity index (χ0v) is 11.5. The van der Waals surface area contributed by atoms with Crippen molar-refractivity contribution in [3.8, 4) is 0 Å². The van der Waals surface area contributed by atoms with Crippen molar-refractivity contribution in [2.45, 2.75) is 20.1 Å². The van der Waals surface area contributed by atoms with Crippen molar-refractivity contribution in [3.05, 3.63) is 52.0 Å². The summed E-state index contributed by atoms with van der Waals surface area (Å²) < 4.78 is 10.4. The molecule has 0 spiro atoms. The summed E-state index contributed by atoms with van der Waals surface area (Å²) in [5.74, 6) is -0.381. The Morgan fingerprint density at radius 3 is 2.79 bits per heavy atom. The molecule has 2 rings (SSSR count). The molecule has 0 aliphatic rings. The third-order valence-electron chi connectivity index (χ3n) is 2.37. The summed E-state index contributed by atoms with van der Waals surface area (Å²) in [6.45, 7) is 3.07. The van der Waals surface area contributed by atoms with Gasteiger partial charge in [-0.3, -0.25) is 0 Å². The van der Waals surface area contributed by atoms with Crippen molar-refractivity contribution in [2.75, 3.05) is 6.61 Å². The molecule has 1 aromatic heterocycles. The van der Waals surface area contributed by atoms with Crippen molar-refractivity contribution >= 4 is 17.3 Å². The molecule has 19 heavy (non-hydrogen) atoms. The first-order valence-corrected chi connectivity index (χ1v) is 6.90. The Hall–Kier alpha value is -1.72. The smallest absolute Gasteiger partial charge is 0.357 e. The Morgan fingerprint density at radius 2 is 2.05 bits per heavy atom. The minimum absolute atomic E-state index is 0.352. The highest BCUT2D eigenvalue weighted by Crippen LogP contribution is 2.13. The van der Waals surface area contributed by atoms with Gasteiger partial charge in [-0.2, -0.15) is 0 Å². The summed E-state index contributed by atoms with van der Waals surface area (Å²) in [6, 6.07) is 9.93. The van der Waals surface area contributed by atoms with E-state index in [9.17, 15) is 4.79 Å². The first kappa shape index (κ1) is 13.7. The monoisotopic (exact) mass is 277 g/mol. The number of esters is 1. The zero-order chi connectivity index (χ0) is 13.5. The van der Waals surface area contributed by atoms with Gasteiger partial charge in [-0.1, -0.05) is 30.3 Å². The van der Waals surface area contributed by atoms with E-state index in [-0.39, 0.29) is 5.97 Å². The number of benzene rings is 1. The van der Waals surface area contributed by atoms with E-state index in [4.69, 9.17) is 9.47 Å². The third kappa shape index (κ3) is 4.15. The summed E-state index contributed by atoms with van der Waals surface area (Å²) >= 11 is 1.40. The molecule has 2 aromatic rings. The van der Waals surface area contributed by atoms with Crippen LogP contribution in [0.4, 0.5) is 0 Å². The standard InChI is InChI=1S/C14H15NO3S/c1-2-18-14(16)12-10-19-13(15-12)9-17-8-11-6-4-3-5-7-11/h3-7,10H,2,8-9H2,1H3. The molecule has 0 N–H and O–H groups in total. The number of nitrogens with zero attached hydrogens (tertiary/aromatic N) is 1. The van der Waals surface area contributed by atoms with E-state index in [1.807, 2.05) is 30.3 Å². The van der Waals surface area contributed by atoms with Crippen LogP contribution in [-0.4, -0.2) is 17.6 Å². The largest absolute Gasteiger partial charge is 0.461 e. The molecule has 0 bridgehead atoms. The van der Waals surface area contributed by atoms with E-state index >= 15 is 0 Å². The molecular weight excluding hydrogens is 262 g/mol. The number of rotatable bonds is 6. The Balaban J connectivity index is 1.82. The second-order valence-electron chi connectivity index (χ2n) is 3.83. The van der Waals surface area contributed by atoms with Crippen molar-refractivity contribution in [2.24, 2.45) is 0 Å². The molecule has 4 nitrogen and oxygen atoms in total. The van der Waals surface area contributed by atoms with Gasteiger partial charge in [-0.15, -0.1) is 11.3 Å². The molecule has 0 saturated heterocycles. The predicted molar refractivity (Wildman–Crippen MR) is 73.0 cm³/mol. The first-order valence-electron chi connectivity index (χ1n) is 6.02. The average molecular weight is 277 g/mol. The molecular formula is C14H15NO3S. The van der Waals surface area contributed by atoms with Crippen LogP contribution in [-0.2, 0) is 22.7 Å². The van der Waals surface area contributed by atoms with Gasteiger partial charge >= 0.3 is 5.97 Å². The Bertz CT molecular complexity index is 524. The number of carbonyl (C=O) groups excluding carboxylic acids is 1. The number of thiazole rings is 1. The molecule has 0 aliphatic carbocycles. The zero-order valence-electron chi connectivity index (χ0n) is 10.7. The highest BCUT2D eigenvalue weighted by Gasteiger charge is 2.11. The van der Waals surface area contributed by atoms with Crippen molar-refractivity contribution < 1.29 is 14.3 Å². The van der Waals surface area contributed by atoms with Crippen LogP contribution >= 0.6 is 11.3 Å². The van der Waals surface area contributed by atoms with Gasteiger partial charge < -0.3 is 9.47 Å². The summed E-state index contributed by atoms with van der Waals surface area (Å²) in [4.78, 5) is 15.6. The van der Waals surface area contributed by atoms with Gasteiger partial charge in [-0.25, -0.2) is 9.78 Å². The molecule has 0 saturated carbocycles. The van der Waals surface area contributed by atoms with E-state index in [2.05, 4.69) is 4.98 Å². The van der Waals surface area contributed by atoms with Gasteiger partial charge in [0.15, 0.2) is 5.69 Å². The van der Waals surface area contributed by atoms with E-state index in [0.717, 1.165) is 10.6 Å². The van der Waals surface area contributed by atoms with Crippen molar-refractivity contribution in [1.29, 1.82) is 0 Å². The van der Waals surface area contributed by atoms with E-state index < -0.39 is 0 Å². The van der Waals surface area contributed by atoms with Gasteiger partial charge in [0.2, 0.25) is 0 Å². The van der Waals surface area contributed by atoms with Crippen LogP contribution in [0.3, 0.4) is 0 Å². The number of aromatic nitrogens is 1. The molecule has 1 aromatic carbocycles. The number of ether oxygens (including phenoxy) is 2. The molecule has 0 amide bonds. The van der Waals surface area contributed by atoms with E-state index in [0.29, 0.717) is 25.5 Å². The summed E-state index contributed by atoms with van der Waals surface area (Å²) in [7, 11) is 0. The van der Waals surface area contributed by atoms with Crippen LogP contribution in [0.25, 0.3) is 0 Å². The summed E-state index contributed by atoms with van der Waals surface area (Å²) in [5, 5.41) is 2.47. The molecule has 100 valence electrons. The number of hydrogen-bond acceptors (Lipinski definition) is 5. The fourth-order valence-corrected chi connectivity index (χ4v) is 2.21. The number of hydrogen-bond donors (Lipinski definition) is 0. The van der Waals surface area contributed by atoms with Crippen LogP contribution in [0.15, 0.2) is 35.7 Å². The van der Waals surface area contributed by atoms with Crippen LogP contribution in [0.2, 0.25) is 0 Å². The number of carbonyl (C=O) groups is 1. The lowest BCUT2D eigenvalue weighted by atomic mass is 10.2. The fraction of sp³-hybridized carbons (Fsp3) is 0.286. The first-order chi connectivity index (χ1) is 9.29. The Morgan fingerprint density at radius 1 is 1.26 bits per heavy atom. The van der Waals surface area contributed by atoms with Gasteiger partial charge in [0, 0.05) is 5.38 Å². The van der Waals surface area contributed by atoms with Gasteiger partial charge in [0.25, 0.3) is 0 Å². The summed E-state index contributed by atoms with van der Waals surface area (Å²) in [6.07, 6.45) is 0. The fourth-order valence-electron chi connectivity index (χ4n) is 1.51. The maximum Gasteiger partial charge on any atom is 0.357 e. The third-order valence-corrected chi connectivity index (χ3v) is 3.20. The maximum absolute atomic E-state index is 11.4. The molecule has 0 aliphatic heterocycles. The average Bonchev–Trinajstić information content (AvgIpc) is 2.89. The predicted octanol–water partition coefficient (Wildman–Crippen LogP) is 3.04. The van der Waals surface area contributed by atoms with Crippen molar-refractivity contribution in [3.63, 3.8) is 0 Å². The lowest BCUT2D eigenvalue weighted by Crippen LogP contribution is -2.05. The SMILES string of the molecule is CCOC(=O)c1csc(COCc2ccccc2)n1. The Kier molecular flexibility index (Phi) is 5.06. The molecule has 0 fully saturated rings. The van der Waals surface area contributed by atoms with Gasteiger partial charge in [-0.05, 0) is 12.5 Å². The van der Waals surface area contributed by atoms with Gasteiger partial charge in [0.1, 0.15) is 5.01 Å². The maximum atomic E-state index is 11.4. The second kappa shape index (κ2) is 7.01. The lowest BCUT2D eigenvalue weighted by molar-refractivity contribution is 0.0519. The minimum atomic E-state index is -0.381. The molecule has 5 heteroatoms. The van der Waals surface area contributed by atoms with Crippen LogP contribution in [0, 0.1) is 0 Å². The normalized spacial score (nSPS) is 10.4. The Labute approximate surface area is 116 Å². The van der Waals surface area contributed by atoms with Crippen LogP contribution in [0.5, 0.6) is 0 Å². The minimum Gasteiger partial charge on any atom is -0.461 e. The quantitative estimate of drug-likeness (QED) is 0.761.